The molecule has 0 aromatic heterocycles. The first-order chi connectivity index (χ1) is 12.9. The SMILES string of the molecule is CCP1(CC)(CC)OC(c2ccc(OC)cc2)(c2ccc(OC)cc2)C1C. The van der Waals surface area contributed by atoms with Crippen LogP contribution in [0.3, 0.4) is 0 Å². The molecule has 0 bridgehead atoms. The summed E-state index contributed by atoms with van der Waals surface area (Å²) in [6.07, 6.45) is 3.40. The first-order valence-corrected chi connectivity index (χ1v) is 12.7. The molecular weight excluding hydrogens is 355 g/mol. The molecule has 1 aliphatic rings. The second-order valence-corrected chi connectivity index (χ2v) is 13.9. The number of ether oxygens (including phenoxy) is 2. The van der Waals surface area contributed by atoms with Crippen molar-refractivity contribution in [2.75, 3.05) is 32.7 Å². The van der Waals surface area contributed by atoms with E-state index in [-0.39, 0.29) is 0 Å². The van der Waals surface area contributed by atoms with Crippen LogP contribution in [-0.4, -0.2) is 38.4 Å². The first-order valence-electron chi connectivity index (χ1n) is 9.95. The molecule has 1 saturated heterocycles. The Morgan fingerprint density at radius 3 is 1.41 bits per heavy atom. The molecule has 1 heterocycles. The van der Waals surface area contributed by atoms with Crippen LogP contribution >= 0.6 is 6.83 Å². The Balaban J connectivity index is 2.16. The van der Waals surface area contributed by atoms with E-state index in [0.717, 1.165) is 30.0 Å². The summed E-state index contributed by atoms with van der Waals surface area (Å²) in [5.41, 5.74) is 2.47. The van der Waals surface area contributed by atoms with Crippen molar-refractivity contribution >= 4 is 6.83 Å². The second-order valence-electron chi connectivity index (χ2n) is 7.62. The number of hydrogen-bond acceptors (Lipinski definition) is 3. The number of methoxy groups -OCH3 is 2. The summed E-state index contributed by atoms with van der Waals surface area (Å²) in [7, 11) is 3.41. The van der Waals surface area contributed by atoms with Crippen molar-refractivity contribution in [2.45, 2.75) is 39.0 Å². The fourth-order valence-corrected chi connectivity index (χ4v) is 10.9. The Labute approximate surface area is 164 Å². The van der Waals surface area contributed by atoms with Crippen LogP contribution < -0.4 is 9.47 Å². The fourth-order valence-electron chi connectivity index (χ4n) is 5.07. The molecule has 27 heavy (non-hydrogen) atoms. The van der Waals surface area contributed by atoms with Crippen molar-refractivity contribution in [3.8, 4) is 11.5 Å². The van der Waals surface area contributed by atoms with Gasteiger partial charge in [0, 0.05) is 0 Å². The third-order valence-electron chi connectivity index (χ3n) is 7.27. The molecule has 0 spiro atoms. The normalized spacial score (nSPS) is 23.5. The van der Waals surface area contributed by atoms with E-state index in [9.17, 15) is 0 Å². The maximum atomic E-state index is 7.23. The molecule has 4 heteroatoms. The quantitative estimate of drug-likeness (QED) is 0.553. The van der Waals surface area contributed by atoms with Crippen molar-refractivity contribution in [1.29, 1.82) is 0 Å². The molecule has 0 saturated carbocycles. The van der Waals surface area contributed by atoms with Crippen LogP contribution in [0.1, 0.15) is 38.8 Å². The molecule has 3 rings (SSSR count). The minimum atomic E-state index is -2.21. The van der Waals surface area contributed by atoms with Gasteiger partial charge in [0.15, 0.2) is 0 Å². The van der Waals surface area contributed by atoms with Crippen molar-refractivity contribution in [3.05, 3.63) is 59.7 Å². The van der Waals surface area contributed by atoms with Crippen LogP contribution in [0.15, 0.2) is 48.5 Å². The van der Waals surface area contributed by atoms with Crippen LogP contribution in [0.4, 0.5) is 0 Å². The summed E-state index contributed by atoms with van der Waals surface area (Å²) >= 11 is 0. The number of benzene rings is 2. The van der Waals surface area contributed by atoms with Gasteiger partial charge in [0.1, 0.15) is 0 Å². The maximum absolute atomic E-state index is 7.23. The van der Waals surface area contributed by atoms with Crippen molar-refractivity contribution in [3.63, 3.8) is 0 Å². The predicted octanol–water partition coefficient (Wildman–Crippen LogP) is 5.89. The molecule has 0 aliphatic carbocycles. The van der Waals surface area contributed by atoms with Crippen LogP contribution in [0, 0.1) is 0 Å². The average Bonchev–Trinajstić information content (AvgIpc) is 2.75. The van der Waals surface area contributed by atoms with E-state index in [4.69, 9.17) is 14.0 Å². The van der Waals surface area contributed by atoms with E-state index in [2.05, 4.69) is 52.0 Å². The zero-order valence-electron chi connectivity index (χ0n) is 17.5. The predicted molar refractivity (Wildman–Crippen MR) is 116 cm³/mol. The molecular formula is C23H33O3P. The summed E-state index contributed by atoms with van der Waals surface area (Å²) in [5, 5.41) is 0. The molecule has 1 fully saturated rings. The van der Waals surface area contributed by atoms with E-state index in [0.29, 0.717) is 5.66 Å². The molecule has 148 valence electrons. The summed E-state index contributed by atoms with van der Waals surface area (Å²) < 4.78 is 18.0. The van der Waals surface area contributed by atoms with Crippen molar-refractivity contribution in [1.82, 2.24) is 0 Å². The summed E-state index contributed by atoms with van der Waals surface area (Å²) in [6, 6.07) is 16.8. The summed E-state index contributed by atoms with van der Waals surface area (Å²) in [5.74, 6) is 1.74. The van der Waals surface area contributed by atoms with Crippen LogP contribution in [0.2, 0.25) is 0 Å². The van der Waals surface area contributed by atoms with Crippen molar-refractivity contribution < 1.29 is 14.0 Å². The average molecular weight is 388 g/mol. The molecule has 3 nitrogen and oxygen atoms in total. The van der Waals surface area contributed by atoms with E-state index in [1.54, 1.807) is 14.2 Å². The molecule has 1 atom stereocenters. The third kappa shape index (κ3) is 2.70. The summed E-state index contributed by atoms with van der Waals surface area (Å²) in [4.78, 5) is 0. The van der Waals surface area contributed by atoms with Crippen molar-refractivity contribution in [2.24, 2.45) is 0 Å². The first kappa shape index (κ1) is 20.2. The minimum absolute atomic E-state index is 0.404. The molecule has 0 radical (unpaired) electrons. The Hall–Kier alpha value is -1.57. The van der Waals surface area contributed by atoms with Gasteiger partial charge in [-0.1, -0.05) is 0 Å². The van der Waals surface area contributed by atoms with Gasteiger partial charge in [-0.15, -0.1) is 0 Å². The Morgan fingerprint density at radius 1 is 0.778 bits per heavy atom. The van der Waals surface area contributed by atoms with Gasteiger partial charge in [-0.25, -0.2) is 0 Å². The molecule has 0 amide bonds. The van der Waals surface area contributed by atoms with Gasteiger partial charge >= 0.3 is 164 Å². The van der Waals surface area contributed by atoms with E-state index >= 15 is 0 Å². The van der Waals surface area contributed by atoms with E-state index < -0.39 is 12.4 Å². The molecule has 1 aliphatic heterocycles. The van der Waals surface area contributed by atoms with Gasteiger partial charge in [0.05, 0.1) is 0 Å². The van der Waals surface area contributed by atoms with Gasteiger partial charge in [-0.3, -0.25) is 0 Å². The van der Waals surface area contributed by atoms with Gasteiger partial charge in [0.25, 0.3) is 0 Å². The monoisotopic (exact) mass is 388 g/mol. The number of rotatable bonds is 7. The van der Waals surface area contributed by atoms with E-state index in [1.807, 2.05) is 24.3 Å². The van der Waals surface area contributed by atoms with Gasteiger partial charge < -0.3 is 0 Å². The Kier molecular flexibility index (Phi) is 5.31. The molecule has 1 unspecified atom stereocenters. The second kappa shape index (κ2) is 7.11. The molecule has 0 N–H and O–H groups in total. The zero-order chi connectivity index (χ0) is 19.7. The standard InChI is InChI=1S/C23H33O3P/c1-7-27(8-2,9-3)18(4)23(26-27,19-10-14-21(24-5)15-11-19)20-12-16-22(25-6)17-13-20/h10-18H,7-9H2,1-6H3. The van der Waals surface area contributed by atoms with Crippen LogP contribution in [0.25, 0.3) is 0 Å². The third-order valence-corrected chi connectivity index (χ3v) is 14.9. The summed E-state index contributed by atoms with van der Waals surface area (Å²) in [6.45, 7) is 7.13. The van der Waals surface area contributed by atoms with E-state index in [1.165, 1.54) is 11.1 Å². The number of hydrogen-bond donors (Lipinski definition) is 0. The molecule has 2 aromatic rings. The Morgan fingerprint density at radius 2 is 1.15 bits per heavy atom. The fraction of sp³-hybridized carbons (Fsp3) is 0.478. The van der Waals surface area contributed by atoms with Gasteiger partial charge in [-0.05, 0) is 0 Å². The Bertz CT molecular complexity index is 720. The topological polar surface area (TPSA) is 27.7 Å². The van der Waals surface area contributed by atoms with Gasteiger partial charge in [0.2, 0.25) is 0 Å². The van der Waals surface area contributed by atoms with Gasteiger partial charge in [-0.2, -0.15) is 0 Å². The zero-order valence-corrected chi connectivity index (χ0v) is 18.4. The van der Waals surface area contributed by atoms with Crippen LogP contribution in [0.5, 0.6) is 11.5 Å². The molecule has 2 aromatic carbocycles. The van der Waals surface area contributed by atoms with Crippen LogP contribution in [-0.2, 0) is 10.1 Å².